The number of aromatic carboxylic acids is 1. The lowest BCUT2D eigenvalue weighted by Gasteiger charge is -2.12. The van der Waals surface area contributed by atoms with Gasteiger partial charge in [-0.3, -0.25) is 4.79 Å². The molecule has 0 heterocycles. The predicted molar refractivity (Wildman–Crippen MR) is 63.9 cm³/mol. The van der Waals surface area contributed by atoms with E-state index in [9.17, 15) is 18.0 Å². The van der Waals surface area contributed by atoms with Crippen LogP contribution >= 0.6 is 0 Å². The summed E-state index contributed by atoms with van der Waals surface area (Å²) in [4.78, 5) is 21.6. The molecule has 0 aliphatic rings. The Balaban J connectivity index is 3.20. The first-order valence-corrected chi connectivity index (χ1v) is 6.72. The molecule has 1 unspecified atom stereocenters. The highest BCUT2D eigenvalue weighted by Gasteiger charge is 2.30. The zero-order valence-electron chi connectivity index (χ0n) is 9.66. The Morgan fingerprint density at radius 1 is 1.28 bits per heavy atom. The van der Waals surface area contributed by atoms with Gasteiger partial charge in [-0.2, -0.15) is 0 Å². The average Bonchev–Trinajstić information content (AvgIpc) is 2.29. The van der Waals surface area contributed by atoms with Gasteiger partial charge < -0.3 is 10.8 Å². The van der Waals surface area contributed by atoms with Gasteiger partial charge in [-0.25, -0.2) is 13.2 Å². The molecule has 1 aromatic carbocycles. The number of carboxylic acids is 1. The molecule has 0 saturated carbocycles. The summed E-state index contributed by atoms with van der Waals surface area (Å²) < 4.78 is 24.1. The molecule has 0 aliphatic carbocycles. The first-order valence-electron chi connectivity index (χ1n) is 5.17. The Morgan fingerprint density at radius 2 is 1.78 bits per heavy atom. The summed E-state index contributed by atoms with van der Waals surface area (Å²) in [6.45, 7) is 1.54. The van der Waals surface area contributed by atoms with Gasteiger partial charge in [0.2, 0.25) is 5.91 Å². The van der Waals surface area contributed by atoms with Crippen LogP contribution in [0.5, 0.6) is 0 Å². The number of primary amides is 1. The Kier molecular flexibility index (Phi) is 4.07. The van der Waals surface area contributed by atoms with Gasteiger partial charge >= 0.3 is 5.97 Å². The fraction of sp³-hybridized carbons (Fsp3) is 0.273. The van der Waals surface area contributed by atoms with Crippen LogP contribution < -0.4 is 5.73 Å². The number of benzene rings is 1. The number of sulfone groups is 1. The number of rotatable bonds is 5. The number of hydrogen-bond donors (Lipinski definition) is 2. The smallest absolute Gasteiger partial charge is 0.335 e. The molecule has 0 aromatic heterocycles. The van der Waals surface area contributed by atoms with Gasteiger partial charge in [0.25, 0.3) is 0 Å². The third kappa shape index (κ3) is 2.67. The molecule has 0 radical (unpaired) electrons. The van der Waals surface area contributed by atoms with Crippen LogP contribution in [0.15, 0.2) is 29.2 Å². The van der Waals surface area contributed by atoms with E-state index in [2.05, 4.69) is 0 Å². The molecule has 7 heteroatoms. The molecule has 18 heavy (non-hydrogen) atoms. The summed E-state index contributed by atoms with van der Waals surface area (Å²) in [6.07, 6.45) is 0.0678. The molecular weight excluding hydrogens is 258 g/mol. The van der Waals surface area contributed by atoms with E-state index in [-0.39, 0.29) is 16.9 Å². The molecular formula is C11H13NO5S. The Morgan fingerprint density at radius 3 is 2.11 bits per heavy atom. The fourth-order valence-corrected chi connectivity index (χ4v) is 3.11. The van der Waals surface area contributed by atoms with Crippen molar-refractivity contribution in [3.05, 3.63) is 29.8 Å². The van der Waals surface area contributed by atoms with Crippen molar-refractivity contribution in [2.45, 2.75) is 23.5 Å². The summed E-state index contributed by atoms with van der Waals surface area (Å²) in [5, 5.41) is 7.40. The second-order valence-electron chi connectivity index (χ2n) is 3.67. The van der Waals surface area contributed by atoms with Gasteiger partial charge in [-0.15, -0.1) is 0 Å². The van der Waals surface area contributed by atoms with E-state index in [0.29, 0.717) is 0 Å². The van der Waals surface area contributed by atoms with Crippen LogP contribution in [0.25, 0.3) is 0 Å². The monoisotopic (exact) mass is 271 g/mol. The number of nitrogens with two attached hydrogens (primary N) is 1. The molecule has 1 atom stereocenters. The van der Waals surface area contributed by atoms with E-state index < -0.39 is 27.0 Å². The first kappa shape index (κ1) is 14.2. The quantitative estimate of drug-likeness (QED) is 0.805. The summed E-state index contributed by atoms with van der Waals surface area (Å²) in [6, 6.07) is 4.65. The van der Waals surface area contributed by atoms with Gasteiger partial charge in [0.15, 0.2) is 9.84 Å². The van der Waals surface area contributed by atoms with Crippen LogP contribution in [0.1, 0.15) is 23.7 Å². The summed E-state index contributed by atoms with van der Waals surface area (Å²) in [5.41, 5.74) is 5.01. The standard InChI is InChI=1S/C11H13NO5S/c1-2-9(10(12)13)18(16,17)8-5-3-7(4-6-8)11(14)15/h3-6,9H,2H2,1H3,(H2,12,13)(H,14,15). The van der Waals surface area contributed by atoms with Crippen molar-refractivity contribution in [1.29, 1.82) is 0 Å². The van der Waals surface area contributed by atoms with E-state index in [0.717, 1.165) is 12.1 Å². The number of carbonyl (C=O) groups is 2. The lowest BCUT2D eigenvalue weighted by molar-refractivity contribution is -0.117. The fourth-order valence-electron chi connectivity index (χ4n) is 1.52. The minimum atomic E-state index is -3.86. The molecule has 1 aromatic rings. The van der Waals surface area contributed by atoms with Crippen molar-refractivity contribution in [2.24, 2.45) is 5.73 Å². The van der Waals surface area contributed by atoms with Crippen LogP contribution in [-0.2, 0) is 14.6 Å². The molecule has 6 nitrogen and oxygen atoms in total. The van der Waals surface area contributed by atoms with Crippen molar-refractivity contribution in [3.8, 4) is 0 Å². The highest BCUT2D eigenvalue weighted by Crippen LogP contribution is 2.18. The zero-order chi connectivity index (χ0) is 13.9. The molecule has 0 aliphatic heterocycles. The third-order valence-corrected chi connectivity index (χ3v) is 4.74. The molecule has 0 fully saturated rings. The van der Waals surface area contributed by atoms with E-state index in [1.807, 2.05) is 0 Å². The molecule has 0 spiro atoms. The molecule has 1 rings (SSSR count). The van der Waals surface area contributed by atoms with Crippen LogP contribution in [0.3, 0.4) is 0 Å². The summed E-state index contributed by atoms with van der Waals surface area (Å²) in [7, 11) is -3.86. The van der Waals surface area contributed by atoms with Gasteiger partial charge in [-0.1, -0.05) is 6.92 Å². The Bertz CT molecular complexity index is 562. The maximum absolute atomic E-state index is 12.0. The maximum Gasteiger partial charge on any atom is 0.335 e. The Hall–Kier alpha value is -1.89. The second kappa shape index (κ2) is 5.18. The van der Waals surface area contributed by atoms with Gasteiger partial charge in [0.1, 0.15) is 5.25 Å². The van der Waals surface area contributed by atoms with Crippen molar-refractivity contribution >= 4 is 21.7 Å². The van der Waals surface area contributed by atoms with Crippen LogP contribution in [0, 0.1) is 0 Å². The van der Waals surface area contributed by atoms with E-state index >= 15 is 0 Å². The number of carboxylic acid groups (broad SMARTS) is 1. The minimum Gasteiger partial charge on any atom is -0.478 e. The van der Waals surface area contributed by atoms with Crippen LogP contribution in [-0.4, -0.2) is 30.7 Å². The lowest BCUT2D eigenvalue weighted by atomic mass is 10.2. The average molecular weight is 271 g/mol. The zero-order valence-corrected chi connectivity index (χ0v) is 10.5. The number of amides is 1. The molecule has 3 N–H and O–H groups in total. The Labute approximate surface area is 104 Å². The number of carbonyl (C=O) groups excluding carboxylic acids is 1. The maximum atomic E-state index is 12.0. The highest BCUT2D eigenvalue weighted by atomic mass is 32.2. The van der Waals surface area contributed by atoms with Gasteiger partial charge in [0.05, 0.1) is 10.5 Å². The van der Waals surface area contributed by atoms with Crippen molar-refractivity contribution in [2.75, 3.05) is 0 Å². The second-order valence-corrected chi connectivity index (χ2v) is 5.80. The van der Waals surface area contributed by atoms with Gasteiger partial charge in [0, 0.05) is 0 Å². The predicted octanol–water partition coefficient (Wildman–Crippen LogP) is 0.422. The van der Waals surface area contributed by atoms with E-state index in [1.165, 1.54) is 12.1 Å². The normalized spacial score (nSPS) is 12.9. The van der Waals surface area contributed by atoms with E-state index in [1.54, 1.807) is 6.92 Å². The van der Waals surface area contributed by atoms with Crippen LogP contribution in [0.4, 0.5) is 0 Å². The van der Waals surface area contributed by atoms with Crippen molar-refractivity contribution < 1.29 is 23.1 Å². The summed E-state index contributed by atoms with van der Waals surface area (Å²) >= 11 is 0. The highest BCUT2D eigenvalue weighted by molar-refractivity contribution is 7.92. The molecule has 1 amide bonds. The lowest BCUT2D eigenvalue weighted by Crippen LogP contribution is -2.35. The first-order chi connectivity index (χ1) is 8.30. The third-order valence-electron chi connectivity index (χ3n) is 2.49. The van der Waals surface area contributed by atoms with Crippen LogP contribution in [0.2, 0.25) is 0 Å². The molecule has 98 valence electrons. The molecule has 0 saturated heterocycles. The number of hydrogen-bond acceptors (Lipinski definition) is 4. The summed E-state index contributed by atoms with van der Waals surface area (Å²) in [5.74, 6) is -2.07. The topological polar surface area (TPSA) is 115 Å². The largest absolute Gasteiger partial charge is 0.478 e. The minimum absolute atomic E-state index is 0.0268. The van der Waals surface area contributed by atoms with Crippen molar-refractivity contribution in [1.82, 2.24) is 0 Å². The van der Waals surface area contributed by atoms with Crippen molar-refractivity contribution in [3.63, 3.8) is 0 Å². The van der Waals surface area contributed by atoms with E-state index in [4.69, 9.17) is 10.8 Å². The van der Waals surface area contributed by atoms with Gasteiger partial charge in [-0.05, 0) is 30.7 Å². The molecule has 0 bridgehead atoms. The SMILES string of the molecule is CCC(C(N)=O)S(=O)(=O)c1ccc(C(=O)O)cc1.